The van der Waals surface area contributed by atoms with E-state index in [9.17, 15) is 15.0 Å². The fraction of sp³-hybridized carbons (Fsp3) is 0.591. The molecule has 3 aliphatic rings. The molecule has 150 valence electrons. The number of rotatable bonds is 5. The molecular formula is C22H26O6. The van der Waals surface area contributed by atoms with E-state index in [0.29, 0.717) is 6.61 Å². The third kappa shape index (κ3) is 2.22. The van der Waals surface area contributed by atoms with E-state index in [1.165, 1.54) is 0 Å². The molecule has 2 saturated heterocycles. The smallest absolute Gasteiger partial charge is 0.315 e. The Kier molecular flexibility index (Phi) is 4.36. The fourth-order valence-electron chi connectivity index (χ4n) is 5.04. The monoisotopic (exact) mass is 386 g/mol. The summed E-state index contributed by atoms with van der Waals surface area (Å²) in [6.07, 6.45) is -1.71. The van der Waals surface area contributed by atoms with E-state index >= 15 is 0 Å². The molecule has 0 amide bonds. The van der Waals surface area contributed by atoms with Crippen molar-refractivity contribution >= 4 is 5.97 Å². The summed E-state index contributed by atoms with van der Waals surface area (Å²) in [5.41, 5.74) is -3.98. The summed E-state index contributed by atoms with van der Waals surface area (Å²) in [7, 11) is 0. The first kappa shape index (κ1) is 19.4. The summed E-state index contributed by atoms with van der Waals surface area (Å²) >= 11 is 0. The lowest BCUT2D eigenvalue weighted by atomic mass is 9.47. The zero-order valence-corrected chi connectivity index (χ0v) is 16.4. The third-order valence-corrected chi connectivity index (χ3v) is 7.24. The zero-order chi connectivity index (χ0) is 20.2. The second-order valence-corrected chi connectivity index (χ2v) is 8.43. The van der Waals surface area contributed by atoms with Crippen molar-refractivity contribution in [1.82, 2.24) is 0 Å². The van der Waals surface area contributed by atoms with E-state index in [1.54, 1.807) is 20.8 Å². The molecule has 0 aromatic heterocycles. The van der Waals surface area contributed by atoms with Gasteiger partial charge in [0.2, 0.25) is 0 Å². The SMILES string of the molecule is CC#CC[C@@]1(O)[C@]2(COCc3ccccc3)OC2[C@H](O)C2(C)C(=O)OC[C@]21C. The maximum Gasteiger partial charge on any atom is 0.315 e. The Morgan fingerprint density at radius 2 is 2.00 bits per heavy atom. The molecule has 3 fully saturated rings. The van der Waals surface area contributed by atoms with E-state index in [-0.39, 0.29) is 19.6 Å². The predicted molar refractivity (Wildman–Crippen MR) is 99.9 cm³/mol. The standard InChI is InChI=1S/C22H26O6/c1-4-5-11-22(25)19(2)13-27-18(24)20(19,3)16(23)17-21(22,28-17)14-26-12-15-9-7-6-8-10-15/h6-10,16-17,23,25H,11-14H2,1-3H3/t16-,17?,19+,20?,21+,22-/m0/s1. The van der Waals surface area contributed by atoms with Crippen LogP contribution in [0.5, 0.6) is 0 Å². The van der Waals surface area contributed by atoms with Gasteiger partial charge < -0.3 is 24.4 Å². The van der Waals surface area contributed by atoms with Crippen LogP contribution in [0.25, 0.3) is 0 Å². The zero-order valence-electron chi connectivity index (χ0n) is 16.4. The van der Waals surface area contributed by atoms with Gasteiger partial charge in [-0.15, -0.1) is 11.8 Å². The number of cyclic esters (lactones) is 1. The number of epoxide rings is 1. The molecule has 4 rings (SSSR count). The van der Waals surface area contributed by atoms with Gasteiger partial charge in [-0.25, -0.2) is 0 Å². The summed E-state index contributed by atoms with van der Waals surface area (Å²) in [6, 6.07) is 9.70. The van der Waals surface area contributed by atoms with Gasteiger partial charge in [-0.1, -0.05) is 37.3 Å². The van der Waals surface area contributed by atoms with Gasteiger partial charge in [-0.2, -0.15) is 0 Å². The number of fused-ring (bicyclic) bond motifs is 2. The van der Waals surface area contributed by atoms with E-state index in [2.05, 4.69) is 11.8 Å². The van der Waals surface area contributed by atoms with Crippen LogP contribution in [0.3, 0.4) is 0 Å². The average Bonchev–Trinajstić information content (AvgIpc) is 3.39. The Morgan fingerprint density at radius 3 is 2.68 bits per heavy atom. The van der Waals surface area contributed by atoms with Crippen molar-refractivity contribution < 1.29 is 29.2 Å². The third-order valence-electron chi connectivity index (χ3n) is 7.24. The second kappa shape index (κ2) is 6.30. The Balaban J connectivity index is 1.67. The first-order valence-corrected chi connectivity index (χ1v) is 9.54. The van der Waals surface area contributed by atoms with Crippen LogP contribution >= 0.6 is 0 Å². The minimum atomic E-state index is -1.51. The maximum absolute atomic E-state index is 12.6. The highest BCUT2D eigenvalue weighted by molar-refractivity contribution is 5.82. The molecule has 1 aromatic carbocycles. The molecule has 6 nitrogen and oxygen atoms in total. The lowest BCUT2D eigenvalue weighted by molar-refractivity contribution is -0.209. The van der Waals surface area contributed by atoms with Crippen LogP contribution in [-0.4, -0.2) is 52.8 Å². The van der Waals surface area contributed by atoms with Crippen molar-refractivity contribution in [3.63, 3.8) is 0 Å². The Morgan fingerprint density at radius 1 is 1.29 bits per heavy atom. The molecule has 1 saturated carbocycles. The number of carbonyl (C=O) groups is 1. The van der Waals surface area contributed by atoms with E-state index in [4.69, 9.17) is 14.2 Å². The largest absolute Gasteiger partial charge is 0.464 e. The highest BCUT2D eigenvalue weighted by atomic mass is 16.7. The molecule has 1 aromatic rings. The summed E-state index contributed by atoms with van der Waals surface area (Å²) in [6.45, 7) is 5.56. The number of carbonyl (C=O) groups excluding carboxylic acids is 1. The number of aliphatic hydroxyl groups excluding tert-OH is 1. The summed E-state index contributed by atoms with van der Waals surface area (Å²) < 4.78 is 17.2. The highest BCUT2D eigenvalue weighted by Crippen LogP contribution is 2.70. The highest BCUT2D eigenvalue weighted by Gasteiger charge is 2.87. The number of hydrogen-bond acceptors (Lipinski definition) is 6. The second-order valence-electron chi connectivity index (χ2n) is 8.43. The van der Waals surface area contributed by atoms with E-state index in [1.807, 2.05) is 30.3 Å². The van der Waals surface area contributed by atoms with Gasteiger partial charge in [-0.3, -0.25) is 4.79 Å². The van der Waals surface area contributed by atoms with Crippen molar-refractivity contribution in [2.24, 2.45) is 10.8 Å². The predicted octanol–water partition coefficient (Wildman–Crippen LogP) is 1.43. The van der Waals surface area contributed by atoms with Gasteiger partial charge in [0.1, 0.15) is 23.7 Å². The van der Waals surface area contributed by atoms with Gasteiger partial charge in [0.25, 0.3) is 0 Å². The first-order chi connectivity index (χ1) is 13.3. The molecule has 2 unspecified atom stereocenters. The van der Waals surface area contributed by atoms with Crippen LogP contribution < -0.4 is 0 Å². The Bertz CT molecular complexity index is 844. The van der Waals surface area contributed by atoms with Gasteiger partial charge in [0.15, 0.2) is 5.60 Å². The lowest BCUT2D eigenvalue weighted by Crippen LogP contribution is -2.72. The van der Waals surface area contributed by atoms with Crippen molar-refractivity contribution in [2.45, 2.75) is 57.2 Å². The molecule has 2 N–H and O–H groups in total. The van der Waals surface area contributed by atoms with Crippen molar-refractivity contribution in [1.29, 1.82) is 0 Å². The summed E-state index contributed by atoms with van der Waals surface area (Å²) in [4.78, 5) is 12.6. The van der Waals surface area contributed by atoms with Crippen LogP contribution in [0.1, 0.15) is 32.8 Å². The molecule has 28 heavy (non-hydrogen) atoms. The van der Waals surface area contributed by atoms with Gasteiger partial charge in [0.05, 0.1) is 24.7 Å². The van der Waals surface area contributed by atoms with Crippen molar-refractivity contribution in [3.05, 3.63) is 35.9 Å². The fourth-order valence-corrected chi connectivity index (χ4v) is 5.04. The molecule has 0 radical (unpaired) electrons. The maximum atomic E-state index is 12.6. The van der Waals surface area contributed by atoms with Crippen LogP contribution in [0.15, 0.2) is 30.3 Å². The van der Waals surface area contributed by atoms with Crippen molar-refractivity contribution in [3.8, 4) is 11.8 Å². The average molecular weight is 386 g/mol. The number of hydrogen-bond donors (Lipinski definition) is 2. The van der Waals surface area contributed by atoms with Crippen LogP contribution in [0.4, 0.5) is 0 Å². The quantitative estimate of drug-likeness (QED) is 0.452. The normalized spacial score (nSPS) is 43.4. The number of ether oxygens (including phenoxy) is 3. The summed E-state index contributed by atoms with van der Waals surface area (Å²) in [5, 5.41) is 22.9. The summed E-state index contributed by atoms with van der Waals surface area (Å²) in [5.74, 6) is 5.25. The minimum Gasteiger partial charge on any atom is -0.464 e. The molecule has 2 aliphatic heterocycles. The molecule has 1 aliphatic carbocycles. The van der Waals surface area contributed by atoms with Gasteiger partial charge in [-0.05, 0) is 19.4 Å². The molecule has 0 bridgehead atoms. The lowest BCUT2D eigenvalue weighted by Gasteiger charge is -2.55. The molecule has 0 spiro atoms. The number of esters is 1. The van der Waals surface area contributed by atoms with E-state index < -0.39 is 40.2 Å². The topological polar surface area (TPSA) is 88.5 Å². The van der Waals surface area contributed by atoms with Crippen molar-refractivity contribution in [2.75, 3.05) is 13.2 Å². The van der Waals surface area contributed by atoms with E-state index in [0.717, 1.165) is 5.56 Å². The number of aliphatic hydroxyl groups is 2. The molecule has 6 heteroatoms. The van der Waals surface area contributed by atoms with Gasteiger partial charge >= 0.3 is 5.97 Å². The Hall–Kier alpha value is -1.91. The minimum absolute atomic E-state index is 0.00218. The Labute approximate surface area is 164 Å². The van der Waals surface area contributed by atoms with Crippen LogP contribution in [0, 0.1) is 22.7 Å². The molecule has 2 heterocycles. The van der Waals surface area contributed by atoms with Gasteiger partial charge in [0, 0.05) is 6.42 Å². The molecule has 6 atom stereocenters. The first-order valence-electron chi connectivity index (χ1n) is 9.54. The van der Waals surface area contributed by atoms with Crippen LogP contribution in [-0.2, 0) is 25.6 Å². The van der Waals surface area contributed by atoms with Crippen LogP contribution in [0.2, 0.25) is 0 Å². The molecular weight excluding hydrogens is 360 g/mol. The number of benzene rings is 1.